The van der Waals surface area contributed by atoms with E-state index in [1.54, 1.807) is 0 Å². The molecule has 0 bridgehead atoms. The van der Waals surface area contributed by atoms with Gasteiger partial charge in [0.05, 0.1) is 0 Å². The molecule has 0 heterocycles. The van der Waals surface area contributed by atoms with Gasteiger partial charge in [-0.25, -0.2) is 0 Å². The van der Waals surface area contributed by atoms with Gasteiger partial charge in [-0.05, 0) is 0 Å². The Kier molecular flexibility index (Phi) is 176. The maximum Gasteiger partial charge on any atom is 2.00 e. The molecule has 0 N–H and O–H groups in total. The van der Waals surface area contributed by atoms with Crippen LogP contribution in [0.3, 0.4) is 0 Å². The summed E-state index contributed by atoms with van der Waals surface area (Å²) in [6, 6.07) is 0. The molecule has 0 nitrogen and oxygen atoms in total. The van der Waals surface area contributed by atoms with Crippen molar-refractivity contribution in [1.82, 2.24) is 0 Å². The van der Waals surface area contributed by atoms with Gasteiger partial charge in [-0.15, -0.1) is 6.42 Å². The largest absolute Gasteiger partial charge is 2.00 e. The summed E-state index contributed by atoms with van der Waals surface area (Å²) in [6.45, 7) is 12.3. The SMILES string of the molecule is C.CC.[B].[CH2-]C([CH-]CC)CCC.[CH3-].[CH3-].[W+2].[Y]. The van der Waals surface area contributed by atoms with E-state index in [0.717, 1.165) is 6.42 Å². The van der Waals surface area contributed by atoms with E-state index < -0.39 is 0 Å². The molecule has 0 spiro atoms. The second-order valence-electron chi connectivity index (χ2n) is 2.19. The second-order valence-corrected chi connectivity index (χ2v) is 2.19. The van der Waals surface area contributed by atoms with Crippen molar-refractivity contribution < 1.29 is 53.8 Å². The van der Waals surface area contributed by atoms with Crippen LogP contribution in [0.1, 0.15) is 54.4 Å². The van der Waals surface area contributed by atoms with Crippen LogP contribution in [-0.2, 0) is 53.8 Å². The summed E-state index contributed by atoms with van der Waals surface area (Å²) >= 11 is 0. The van der Waals surface area contributed by atoms with Gasteiger partial charge in [-0.3, -0.25) is 0 Å². The Labute approximate surface area is 149 Å². The molecule has 0 saturated heterocycles. The molecular weight excluding hydrogens is 440 g/mol. The van der Waals surface area contributed by atoms with Crippen LogP contribution in [0.15, 0.2) is 0 Å². The smallest absolute Gasteiger partial charge is 0.369 e. The Morgan fingerprint density at radius 3 is 1.62 bits per heavy atom. The van der Waals surface area contributed by atoms with Gasteiger partial charge in [0.25, 0.3) is 0 Å². The molecule has 0 aromatic rings. The molecule has 0 aliphatic rings. The van der Waals surface area contributed by atoms with E-state index in [1.807, 2.05) is 13.8 Å². The number of hydrogen-bond acceptors (Lipinski definition) is 0. The first-order chi connectivity index (χ1) is 4.81. The monoisotopic (exact) mass is 472 g/mol. The van der Waals surface area contributed by atoms with Gasteiger partial charge in [-0.2, -0.15) is 6.42 Å². The summed E-state index contributed by atoms with van der Waals surface area (Å²) in [5, 5.41) is 0. The summed E-state index contributed by atoms with van der Waals surface area (Å²) in [5.74, 6) is 0.588. The fourth-order valence-corrected chi connectivity index (χ4v) is 0.822. The Bertz CT molecular complexity index is 49.2. The molecule has 98 valence electrons. The van der Waals surface area contributed by atoms with E-state index in [2.05, 4.69) is 27.2 Å². The molecule has 0 fully saturated rings. The molecule has 0 aromatic heterocycles. The minimum absolute atomic E-state index is 0. The molecule has 0 saturated carbocycles. The van der Waals surface area contributed by atoms with Crippen LogP contribution in [0.4, 0.5) is 0 Å². The van der Waals surface area contributed by atoms with Gasteiger partial charge in [-0.1, -0.05) is 41.5 Å². The quantitative estimate of drug-likeness (QED) is 0.398. The average molecular weight is 472 g/mol. The van der Waals surface area contributed by atoms with Crippen LogP contribution in [0, 0.1) is 34.1 Å². The zero-order valence-electron chi connectivity index (χ0n) is 11.5. The van der Waals surface area contributed by atoms with Crippen LogP contribution in [0.25, 0.3) is 0 Å². The maximum atomic E-state index is 3.96. The van der Waals surface area contributed by atoms with Gasteiger partial charge in [0.15, 0.2) is 0 Å². The number of rotatable bonds is 4. The molecule has 0 aliphatic heterocycles. The van der Waals surface area contributed by atoms with E-state index in [9.17, 15) is 0 Å². The summed E-state index contributed by atoms with van der Waals surface area (Å²) in [5.41, 5.74) is 0. The van der Waals surface area contributed by atoms with Gasteiger partial charge >= 0.3 is 21.1 Å². The van der Waals surface area contributed by atoms with Crippen molar-refractivity contribution in [2.75, 3.05) is 0 Å². The van der Waals surface area contributed by atoms with Crippen molar-refractivity contribution in [2.24, 2.45) is 5.92 Å². The van der Waals surface area contributed by atoms with Crippen molar-refractivity contribution in [1.29, 1.82) is 0 Å². The van der Waals surface area contributed by atoms with E-state index >= 15 is 0 Å². The zero-order valence-corrected chi connectivity index (χ0v) is 17.3. The third-order valence-corrected chi connectivity index (χ3v) is 1.23. The Morgan fingerprint density at radius 2 is 1.44 bits per heavy atom. The van der Waals surface area contributed by atoms with Gasteiger partial charge in [0.2, 0.25) is 0 Å². The van der Waals surface area contributed by atoms with Crippen LogP contribution < -0.4 is 0 Å². The minimum Gasteiger partial charge on any atom is -0.369 e. The first-order valence-electron chi connectivity index (χ1n) is 4.47. The van der Waals surface area contributed by atoms with E-state index in [0.29, 0.717) is 5.92 Å². The summed E-state index contributed by atoms with van der Waals surface area (Å²) in [6.07, 6.45) is 5.93. The molecule has 0 aliphatic carbocycles. The summed E-state index contributed by atoms with van der Waals surface area (Å²) < 4.78 is 0. The zero-order chi connectivity index (χ0) is 8.41. The molecule has 1 atom stereocenters. The van der Waals surface area contributed by atoms with E-state index in [-0.39, 0.29) is 84.5 Å². The molecule has 4 radical (unpaired) electrons. The first-order valence-corrected chi connectivity index (χ1v) is 4.47. The van der Waals surface area contributed by atoms with Gasteiger partial charge in [0.1, 0.15) is 0 Å². The second kappa shape index (κ2) is 54.0. The van der Waals surface area contributed by atoms with Crippen LogP contribution in [0.2, 0.25) is 0 Å². The normalized spacial score (nSPS) is 7.31. The van der Waals surface area contributed by atoms with Crippen LogP contribution >= 0.6 is 0 Å². The fourth-order valence-electron chi connectivity index (χ4n) is 0.822. The van der Waals surface area contributed by atoms with E-state index in [1.165, 1.54) is 12.8 Å². The molecular formula is C13H32BWY-2. The van der Waals surface area contributed by atoms with Crippen molar-refractivity contribution in [2.45, 2.75) is 54.4 Å². The van der Waals surface area contributed by atoms with Crippen molar-refractivity contribution >= 4 is 8.41 Å². The third-order valence-electron chi connectivity index (χ3n) is 1.23. The minimum atomic E-state index is 0. The Balaban J connectivity index is -0.0000000126. The molecule has 0 amide bonds. The predicted octanol–water partition coefficient (Wildman–Crippen LogP) is 5.03. The molecule has 16 heavy (non-hydrogen) atoms. The summed E-state index contributed by atoms with van der Waals surface area (Å²) in [7, 11) is 0. The average Bonchev–Trinajstić information content (AvgIpc) is 1.93. The molecule has 0 rings (SSSR count). The topological polar surface area (TPSA) is 0 Å². The van der Waals surface area contributed by atoms with Crippen molar-refractivity contribution in [3.8, 4) is 0 Å². The van der Waals surface area contributed by atoms with Gasteiger partial charge in [0, 0.05) is 41.1 Å². The Morgan fingerprint density at radius 1 is 1.12 bits per heavy atom. The van der Waals surface area contributed by atoms with E-state index in [4.69, 9.17) is 0 Å². The molecule has 1 unspecified atom stereocenters. The van der Waals surface area contributed by atoms with Crippen molar-refractivity contribution in [3.63, 3.8) is 0 Å². The first kappa shape index (κ1) is 52.2. The van der Waals surface area contributed by atoms with Crippen molar-refractivity contribution in [3.05, 3.63) is 28.2 Å². The maximum absolute atomic E-state index is 3.96. The summed E-state index contributed by atoms with van der Waals surface area (Å²) in [4.78, 5) is 0. The van der Waals surface area contributed by atoms with Crippen LogP contribution in [-0.4, -0.2) is 8.41 Å². The standard InChI is InChI=1S/C8H16.C2H6.CH4.2CH3.B.W.Y/c1-4-6-8(3)7-5-2;1-2;;;;;;/h6,8H,3-5,7H2,1-2H3;1-2H3;1H4;2*1H3;;;/q-2;;;2*-1;;+2;. The molecule has 0 aromatic carbocycles. The fraction of sp³-hybridized carbons (Fsp3) is 0.692. The Hall–Kier alpha value is 1.86. The van der Waals surface area contributed by atoms with Gasteiger partial charge < -0.3 is 34.1 Å². The van der Waals surface area contributed by atoms with Crippen LogP contribution in [0.5, 0.6) is 0 Å². The number of hydrogen-bond donors (Lipinski definition) is 0. The third kappa shape index (κ3) is 56.7. The molecule has 3 heteroatoms. The predicted molar refractivity (Wildman–Crippen MR) is 75.0 cm³/mol.